The SMILES string of the molecule is COC(=O)c1ccccc1-c1ccc2c(c1)OCCO2. The Hall–Kier alpha value is -2.49. The number of methoxy groups -OCH3 is 1. The average Bonchev–Trinajstić information content (AvgIpc) is 2.53. The molecule has 0 N–H and O–H groups in total. The lowest BCUT2D eigenvalue weighted by atomic mass is 9.99. The summed E-state index contributed by atoms with van der Waals surface area (Å²) in [6.07, 6.45) is 0. The van der Waals surface area contributed by atoms with Crippen molar-refractivity contribution in [1.82, 2.24) is 0 Å². The fourth-order valence-corrected chi connectivity index (χ4v) is 2.23. The molecular weight excluding hydrogens is 256 g/mol. The van der Waals surface area contributed by atoms with E-state index in [-0.39, 0.29) is 5.97 Å². The number of benzene rings is 2. The normalized spacial score (nSPS) is 12.8. The van der Waals surface area contributed by atoms with Crippen molar-refractivity contribution in [3.05, 3.63) is 48.0 Å². The van der Waals surface area contributed by atoms with Crippen LogP contribution in [0.3, 0.4) is 0 Å². The molecule has 0 aromatic heterocycles. The fourth-order valence-electron chi connectivity index (χ4n) is 2.23. The molecule has 1 aliphatic heterocycles. The third-order valence-corrected chi connectivity index (χ3v) is 3.19. The first-order chi connectivity index (χ1) is 9.79. The third kappa shape index (κ3) is 2.20. The summed E-state index contributed by atoms with van der Waals surface area (Å²) in [5, 5.41) is 0. The van der Waals surface area contributed by atoms with Gasteiger partial charge in [0.25, 0.3) is 0 Å². The van der Waals surface area contributed by atoms with Crippen LogP contribution in [0.4, 0.5) is 0 Å². The van der Waals surface area contributed by atoms with Gasteiger partial charge in [-0.25, -0.2) is 4.79 Å². The smallest absolute Gasteiger partial charge is 0.338 e. The number of ether oxygens (including phenoxy) is 3. The molecule has 0 amide bonds. The summed E-state index contributed by atoms with van der Waals surface area (Å²) in [5.41, 5.74) is 2.25. The van der Waals surface area contributed by atoms with E-state index in [4.69, 9.17) is 14.2 Å². The van der Waals surface area contributed by atoms with Crippen molar-refractivity contribution in [2.45, 2.75) is 0 Å². The summed E-state index contributed by atoms with van der Waals surface area (Å²) in [7, 11) is 1.38. The molecule has 3 rings (SSSR count). The minimum Gasteiger partial charge on any atom is -0.486 e. The Morgan fingerprint density at radius 1 is 1.05 bits per heavy atom. The van der Waals surface area contributed by atoms with Gasteiger partial charge < -0.3 is 14.2 Å². The molecule has 4 heteroatoms. The van der Waals surface area contributed by atoms with Crippen LogP contribution in [0.1, 0.15) is 10.4 Å². The molecule has 2 aromatic carbocycles. The summed E-state index contributed by atoms with van der Waals surface area (Å²) >= 11 is 0. The zero-order chi connectivity index (χ0) is 13.9. The Labute approximate surface area is 116 Å². The van der Waals surface area contributed by atoms with E-state index in [2.05, 4.69) is 0 Å². The van der Waals surface area contributed by atoms with E-state index < -0.39 is 0 Å². The molecule has 0 spiro atoms. The monoisotopic (exact) mass is 270 g/mol. The van der Waals surface area contributed by atoms with E-state index in [9.17, 15) is 4.79 Å². The van der Waals surface area contributed by atoms with E-state index in [1.54, 1.807) is 6.07 Å². The van der Waals surface area contributed by atoms with Gasteiger partial charge >= 0.3 is 5.97 Å². The van der Waals surface area contributed by atoms with Crippen LogP contribution in [0.2, 0.25) is 0 Å². The predicted molar refractivity (Wildman–Crippen MR) is 74.2 cm³/mol. The maximum atomic E-state index is 11.8. The number of fused-ring (bicyclic) bond motifs is 1. The highest BCUT2D eigenvalue weighted by Gasteiger charge is 2.16. The lowest BCUT2D eigenvalue weighted by Gasteiger charge is -2.19. The van der Waals surface area contributed by atoms with E-state index in [0.717, 1.165) is 16.9 Å². The van der Waals surface area contributed by atoms with Gasteiger partial charge in [0.2, 0.25) is 0 Å². The Morgan fingerprint density at radius 3 is 2.60 bits per heavy atom. The number of rotatable bonds is 2. The Bertz CT molecular complexity index is 649. The van der Waals surface area contributed by atoms with Crippen molar-refractivity contribution < 1.29 is 19.0 Å². The molecule has 0 bridgehead atoms. The van der Waals surface area contributed by atoms with E-state index in [1.165, 1.54) is 7.11 Å². The van der Waals surface area contributed by atoms with Crippen LogP contribution in [0.15, 0.2) is 42.5 Å². The molecule has 0 aliphatic carbocycles. The molecule has 102 valence electrons. The van der Waals surface area contributed by atoms with Crippen molar-refractivity contribution in [2.75, 3.05) is 20.3 Å². The van der Waals surface area contributed by atoms with Crippen molar-refractivity contribution in [3.63, 3.8) is 0 Å². The van der Waals surface area contributed by atoms with Gasteiger partial charge in [0.1, 0.15) is 13.2 Å². The van der Waals surface area contributed by atoms with Crippen molar-refractivity contribution >= 4 is 5.97 Å². The minimum atomic E-state index is -0.351. The summed E-state index contributed by atoms with van der Waals surface area (Å²) < 4.78 is 15.9. The van der Waals surface area contributed by atoms with Gasteiger partial charge in [0.05, 0.1) is 12.7 Å². The van der Waals surface area contributed by atoms with Crippen molar-refractivity contribution in [2.24, 2.45) is 0 Å². The third-order valence-electron chi connectivity index (χ3n) is 3.19. The predicted octanol–water partition coefficient (Wildman–Crippen LogP) is 2.91. The first-order valence-corrected chi connectivity index (χ1v) is 6.37. The molecule has 20 heavy (non-hydrogen) atoms. The second kappa shape index (κ2) is 5.25. The zero-order valence-corrected chi connectivity index (χ0v) is 11.1. The summed E-state index contributed by atoms with van der Waals surface area (Å²) in [6.45, 7) is 1.10. The number of hydrogen-bond acceptors (Lipinski definition) is 4. The van der Waals surface area contributed by atoms with E-state index in [1.807, 2.05) is 36.4 Å². The van der Waals surface area contributed by atoms with Crippen molar-refractivity contribution in [3.8, 4) is 22.6 Å². The van der Waals surface area contributed by atoms with Crippen LogP contribution in [-0.2, 0) is 4.74 Å². The maximum absolute atomic E-state index is 11.8. The quantitative estimate of drug-likeness (QED) is 0.787. The van der Waals surface area contributed by atoms with Gasteiger partial charge in [-0.15, -0.1) is 0 Å². The molecule has 4 nitrogen and oxygen atoms in total. The van der Waals surface area contributed by atoms with Gasteiger partial charge in [-0.3, -0.25) is 0 Å². The molecule has 2 aromatic rings. The number of hydrogen-bond donors (Lipinski definition) is 0. The van der Waals surface area contributed by atoms with Crippen LogP contribution in [0.25, 0.3) is 11.1 Å². The molecule has 0 radical (unpaired) electrons. The molecule has 0 saturated heterocycles. The number of carbonyl (C=O) groups is 1. The lowest BCUT2D eigenvalue weighted by Crippen LogP contribution is -2.15. The molecular formula is C16H14O4. The average molecular weight is 270 g/mol. The fraction of sp³-hybridized carbons (Fsp3) is 0.188. The topological polar surface area (TPSA) is 44.8 Å². The molecule has 1 aliphatic rings. The Balaban J connectivity index is 2.07. The van der Waals surface area contributed by atoms with Gasteiger partial charge in [0.15, 0.2) is 11.5 Å². The van der Waals surface area contributed by atoms with Gasteiger partial charge in [-0.05, 0) is 29.3 Å². The molecule has 1 heterocycles. The van der Waals surface area contributed by atoms with Crippen LogP contribution in [0.5, 0.6) is 11.5 Å². The first-order valence-electron chi connectivity index (χ1n) is 6.37. The van der Waals surface area contributed by atoms with Crippen LogP contribution >= 0.6 is 0 Å². The standard InChI is InChI=1S/C16H14O4/c1-18-16(17)13-5-3-2-4-12(13)11-6-7-14-15(10-11)20-9-8-19-14/h2-7,10H,8-9H2,1H3. The lowest BCUT2D eigenvalue weighted by molar-refractivity contribution is 0.0601. The van der Waals surface area contributed by atoms with Gasteiger partial charge in [0, 0.05) is 0 Å². The first kappa shape index (κ1) is 12.5. The van der Waals surface area contributed by atoms with Crippen LogP contribution in [-0.4, -0.2) is 26.3 Å². The Kier molecular flexibility index (Phi) is 3.29. The van der Waals surface area contributed by atoms with Crippen LogP contribution < -0.4 is 9.47 Å². The highest BCUT2D eigenvalue weighted by atomic mass is 16.6. The second-order valence-corrected chi connectivity index (χ2v) is 4.40. The second-order valence-electron chi connectivity index (χ2n) is 4.40. The molecule has 0 atom stereocenters. The summed E-state index contributed by atoms with van der Waals surface area (Å²) in [4.78, 5) is 11.8. The number of carbonyl (C=O) groups excluding carboxylic acids is 1. The summed E-state index contributed by atoms with van der Waals surface area (Å²) in [5.74, 6) is 1.08. The Morgan fingerprint density at radius 2 is 1.80 bits per heavy atom. The van der Waals surface area contributed by atoms with E-state index in [0.29, 0.717) is 24.5 Å². The van der Waals surface area contributed by atoms with Gasteiger partial charge in [-0.1, -0.05) is 24.3 Å². The minimum absolute atomic E-state index is 0.351. The number of esters is 1. The highest BCUT2D eigenvalue weighted by Crippen LogP contribution is 2.35. The van der Waals surface area contributed by atoms with Crippen LogP contribution in [0, 0.1) is 0 Å². The van der Waals surface area contributed by atoms with Gasteiger partial charge in [-0.2, -0.15) is 0 Å². The van der Waals surface area contributed by atoms with E-state index >= 15 is 0 Å². The molecule has 0 saturated carbocycles. The molecule has 0 fully saturated rings. The summed E-state index contributed by atoms with van der Waals surface area (Å²) in [6, 6.07) is 13.0. The molecule has 0 unspecified atom stereocenters. The highest BCUT2D eigenvalue weighted by molar-refractivity contribution is 5.97. The maximum Gasteiger partial charge on any atom is 0.338 e. The van der Waals surface area contributed by atoms with Crippen molar-refractivity contribution in [1.29, 1.82) is 0 Å². The largest absolute Gasteiger partial charge is 0.486 e. The zero-order valence-electron chi connectivity index (χ0n) is 11.1.